The number of pyridine rings is 3. The maximum Gasteiger partial charge on any atom is 0.213 e. The molecule has 7 saturated carbocycles. The Hall–Kier alpha value is -8.79. The average Bonchev–Trinajstić information content (AvgIpc) is 1.50. The summed E-state index contributed by atoms with van der Waals surface area (Å²) in [6, 6.07) is 72.5. The van der Waals surface area contributed by atoms with E-state index >= 15 is 0 Å². The fraction of sp³-hybridized carbons (Fsp3) is 0.394. The van der Waals surface area contributed by atoms with Gasteiger partial charge in [-0.1, -0.05) is 226 Å². The number of hydrogen-bond donors (Lipinski definition) is 0. The smallest absolute Gasteiger partial charge is 0.201 e. The van der Waals surface area contributed by atoms with Crippen molar-refractivity contribution in [3.05, 3.63) is 269 Å². The van der Waals surface area contributed by atoms with Crippen LogP contribution in [0.4, 0.5) is 0 Å². The second-order valence-corrected chi connectivity index (χ2v) is 34.2. The molecule has 19 rings (SSSR count). The molecule has 107 heavy (non-hydrogen) atoms. The van der Waals surface area contributed by atoms with Crippen LogP contribution in [-0.4, -0.2) is 0 Å². The lowest BCUT2D eigenvalue weighted by molar-refractivity contribution is -0.660. The molecule has 0 spiro atoms. The standard InChI is InChI=1S/C38H46N.2C33H36N/c1-26(2)37-25-39(4)38(35-13-9-8-10-27(35)3)24-36(37)34-21-20-32-22-31(18-19-33(32)23-34)30-16-14-29(15-17-30)28-11-6-5-7-12-28;1-21(2)32-20-34(4)33(29-8-6-5-7-22(29)3)19-31(32)28-14-12-24-17-27(13-11-25(24)18-28)30-16-23-9-10-26(30)15-23;1-21(2)32-20-34(4)33(30-8-6-5-7-22(30)3)19-31(32)28-12-11-25-17-27(10-9-26(25)18-28)29-15-23-13-24(14-23)16-29/h8-10,13,18-26,28-30H,5-7,11-12,14-17H2,1-4H3;5-8,11-14,17-21,23,26,30H,9-10,15-16H2,1-4H3;5-12,17-21,23-24,29H,13-16H2,1-4H3/q3*+1/i26D,30D;21D,30D;21D,29D. The molecule has 0 N–H and O–H groups in total. The summed E-state index contributed by atoms with van der Waals surface area (Å²) in [7, 11) is 6.24. The van der Waals surface area contributed by atoms with E-state index in [9.17, 15) is 4.11 Å². The number of nitrogens with zero attached hydrogens (tertiary/aromatic N) is 3. The van der Waals surface area contributed by atoms with Crippen LogP contribution in [0.2, 0.25) is 0 Å². The molecule has 0 radical (unpaired) electrons. The van der Waals surface area contributed by atoms with Crippen molar-refractivity contribution in [1.82, 2.24) is 0 Å². The third kappa shape index (κ3) is 15.1. The highest BCUT2D eigenvalue weighted by molar-refractivity contribution is 5.92. The van der Waals surface area contributed by atoms with Crippen molar-refractivity contribution >= 4 is 32.3 Å². The fourth-order valence-corrected chi connectivity index (χ4v) is 20.1. The Bertz CT molecular complexity index is 5580. The molecule has 0 saturated heterocycles. The second-order valence-electron chi connectivity index (χ2n) is 34.2. The summed E-state index contributed by atoms with van der Waals surface area (Å²) in [5.41, 5.74) is 24.2. The van der Waals surface area contributed by atoms with E-state index in [4.69, 9.17) is 4.11 Å². The number of rotatable bonds is 13. The molecule has 4 bridgehead atoms. The van der Waals surface area contributed by atoms with Gasteiger partial charge in [-0.15, -0.1) is 0 Å². The lowest BCUT2D eigenvalue weighted by Gasteiger charge is -2.45. The zero-order valence-corrected chi connectivity index (χ0v) is 66.1. The predicted octanol–water partition coefficient (Wildman–Crippen LogP) is 27.0. The van der Waals surface area contributed by atoms with E-state index < -0.39 is 35.4 Å². The van der Waals surface area contributed by atoms with Crippen LogP contribution in [0.25, 0.3) is 99.5 Å². The van der Waals surface area contributed by atoms with Gasteiger partial charge in [-0.2, -0.15) is 0 Å². The molecular formula is C104H118N3+3. The summed E-state index contributed by atoms with van der Waals surface area (Å²) >= 11 is 0. The van der Waals surface area contributed by atoms with Crippen LogP contribution in [0.5, 0.6) is 0 Å². The van der Waals surface area contributed by atoms with Gasteiger partial charge in [0.1, 0.15) is 21.1 Å². The first-order valence-corrected chi connectivity index (χ1v) is 40.8. The van der Waals surface area contributed by atoms with Gasteiger partial charge in [0.25, 0.3) is 0 Å². The molecule has 3 heteroatoms. The monoisotopic (exact) mass is 1410 g/mol. The molecule has 0 amide bonds. The Morgan fingerprint density at radius 1 is 0.308 bits per heavy atom. The quantitative estimate of drug-likeness (QED) is 0.102. The van der Waals surface area contributed by atoms with Crippen LogP contribution < -0.4 is 13.7 Å². The van der Waals surface area contributed by atoms with Gasteiger partial charge in [-0.05, 0) is 298 Å². The summed E-state index contributed by atoms with van der Waals surface area (Å²) < 4.78 is 61.1. The third-order valence-electron chi connectivity index (χ3n) is 26.2. The van der Waals surface area contributed by atoms with E-state index in [1.165, 1.54) is 159 Å². The van der Waals surface area contributed by atoms with Crippen molar-refractivity contribution in [1.29, 1.82) is 0 Å². The maximum absolute atomic E-state index is 9.43. The summed E-state index contributed by atoms with van der Waals surface area (Å²) in [6.07, 6.45) is 27.4. The Balaban J connectivity index is 0.000000128. The maximum atomic E-state index is 9.43. The first-order chi connectivity index (χ1) is 53.9. The summed E-state index contributed by atoms with van der Waals surface area (Å²) in [5.74, 6) is 1.06. The Labute approximate surface area is 650 Å². The molecular weight excluding hydrogens is 1290 g/mol. The lowest BCUT2D eigenvalue weighted by atomic mass is 9.60. The van der Waals surface area contributed by atoms with E-state index in [0.29, 0.717) is 5.92 Å². The van der Waals surface area contributed by atoms with E-state index in [2.05, 4.69) is 274 Å². The van der Waals surface area contributed by atoms with Crippen molar-refractivity contribution in [2.24, 2.45) is 56.7 Å². The topological polar surface area (TPSA) is 11.6 Å². The molecule has 7 fully saturated rings. The van der Waals surface area contributed by atoms with Crippen molar-refractivity contribution in [2.75, 3.05) is 0 Å². The molecule has 3 aromatic heterocycles. The minimum absolute atomic E-state index is 0.408. The third-order valence-corrected chi connectivity index (χ3v) is 26.2. The minimum Gasteiger partial charge on any atom is -0.201 e. The van der Waals surface area contributed by atoms with Crippen LogP contribution in [0.3, 0.4) is 0 Å². The Morgan fingerprint density at radius 2 is 0.664 bits per heavy atom. The first-order valence-electron chi connectivity index (χ1n) is 43.8. The number of hydrogen-bond acceptors (Lipinski definition) is 0. The van der Waals surface area contributed by atoms with Crippen molar-refractivity contribution in [3.8, 4) is 67.2 Å². The molecule has 3 heterocycles. The van der Waals surface area contributed by atoms with Crippen LogP contribution in [0, 0.1) is 56.3 Å². The minimum atomic E-state index is -0.732. The van der Waals surface area contributed by atoms with Crippen LogP contribution in [-0.2, 0) is 21.1 Å². The molecule has 7 aliphatic carbocycles. The highest BCUT2D eigenvalue weighted by Crippen LogP contribution is 2.54. The lowest BCUT2D eigenvalue weighted by Crippen LogP contribution is -2.32. The van der Waals surface area contributed by atoms with Gasteiger partial charge in [0, 0.05) is 59.8 Å². The first kappa shape index (κ1) is 65.3. The molecule has 3 unspecified atom stereocenters. The van der Waals surface area contributed by atoms with Gasteiger partial charge in [0.05, 0.1) is 0 Å². The van der Waals surface area contributed by atoms with Crippen LogP contribution >= 0.6 is 0 Å². The average molecular weight is 1420 g/mol. The molecule has 3 nitrogen and oxygen atoms in total. The van der Waals surface area contributed by atoms with Crippen LogP contribution in [0.15, 0.2) is 219 Å². The highest BCUT2D eigenvalue weighted by Gasteiger charge is 2.41. The Kier molecular flexibility index (Phi) is 19.0. The number of aryl methyl sites for hydroxylation is 6. The number of fused-ring (bicyclic) bond motifs is 7. The van der Waals surface area contributed by atoms with Gasteiger partial charge < -0.3 is 0 Å². The van der Waals surface area contributed by atoms with Gasteiger partial charge in [-0.3, -0.25) is 0 Å². The molecule has 7 aliphatic rings. The highest BCUT2D eigenvalue weighted by atomic mass is 14.9. The van der Waals surface area contributed by atoms with E-state index in [1.807, 2.05) is 41.5 Å². The largest absolute Gasteiger partial charge is 0.213 e. The molecule has 9 aromatic carbocycles. The normalized spacial score (nSPS) is 24.4. The summed E-state index contributed by atoms with van der Waals surface area (Å²) in [5, 5.41) is 7.21. The van der Waals surface area contributed by atoms with Gasteiger partial charge in [0.15, 0.2) is 18.6 Å². The van der Waals surface area contributed by atoms with E-state index in [-0.39, 0.29) is 0 Å². The Morgan fingerprint density at radius 3 is 1.05 bits per heavy atom. The van der Waals surface area contributed by atoms with Crippen molar-refractivity contribution < 1.29 is 21.9 Å². The van der Waals surface area contributed by atoms with Gasteiger partial charge in [0.2, 0.25) is 17.1 Å². The van der Waals surface area contributed by atoms with Crippen molar-refractivity contribution in [2.45, 2.75) is 207 Å². The van der Waals surface area contributed by atoms with E-state index in [0.717, 1.165) is 129 Å². The van der Waals surface area contributed by atoms with Gasteiger partial charge in [-0.25, -0.2) is 13.7 Å². The molecule has 3 atom stereocenters. The zero-order valence-electron chi connectivity index (χ0n) is 72.1. The second kappa shape index (κ2) is 31.1. The van der Waals surface area contributed by atoms with E-state index in [1.54, 1.807) is 0 Å². The number of benzene rings is 9. The van der Waals surface area contributed by atoms with Gasteiger partial charge >= 0.3 is 0 Å². The molecule has 546 valence electrons. The summed E-state index contributed by atoms with van der Waals surface area (Å²) in [6.45, 7) is 18.3. The fourth-order valence-electron chi connectivity index (χ4n) is 20.1. The van der Waals surface area contributed by atoms with Crippen LogP contribution in [0.1, 0.15) is 244 Å². The van der Waals surface area contributed by atoms with Crippen molar-refractivity contribution in [3.63, 3.8) is 0 Å². The SMILES string of the molecule is [2H]C(C)(C)c1c[n+](C)c(-c2ccccc2C)cc1-c1ccc2cc(C3([2H])CC4CC(C4)C3)ccc2c1.[2H]C(C)(C)c1c[n+](C)c(-c2ccccc2C)cc1-c1ccc2cc(C3([2H])CC4CCC3C4)ccc2c1.[2H]C(C)(C)c1c[n+](C)c(-c2ccccc2C)cc1-c1ccc2cc(C3([2H])CCC(C4CCCCC4)CC3)ccc2c1. The number of aromatic nitrogens is 3. The molecule has 12 aromatic rings. The summed E-state index contributed by atoms with van der Waals surface area (Å²) in [4.78, 5) is 0. The zero-order chi connectivity index (χ0) is 79.3. The predicted molar refractivity (Wildman–Crippen MR) is 452 cm³/mol. The molecule has 0 aliphatic heterocycles.